The first kappa shape index (κ1) is 22.2. The number of anilines is 1. The number of nitrogens with one attached hydrogen (secondary N) is 1. The second-order valence-corrected chi connectivity index (χ2v) is 9.75. The van der Waals surface area contributed by atoms with E-state index >= 15 is 4.39 Å². The zero-order valence-corrected chi connectivity index (χ0v) is 18.7. The van der Waals surface area contributed by atoms with Crippen molar-refractivity contribution in [2.45, 2.75) is 13.5 Å². The second-order valence-electron chi connectivity index (χ2n) is 7.33. The summed E-state index contributed by atoms with van der Waals surface area (Å²) in [6, 6.07) is 7.77. The molecule has 0 bridgehead atoms. The van der Waals surface area contributed by atoms with Crippen LogP contribution in [0.1, 0.15) is 23.6 Å². The minimum Gasteiger partial charge on any atom is -0.318 e. The number of hydrogen-bond donors (Lipinski definition) is 1. The number of fused-ring (bicyclic) bond motifs is 3. The first-order valence-electron chi connectivity index (χ1n) is 9.64. The minimum atomic E-state index is -3.74. The zero-order valence-electron chi connectivity index (χ0n) is 17.1. The van der Waals surface area contributed by atoms with Gasteiger partial charge < -0.3 is 4.57 Å². The molecule has 1 aromatic heterocycles. The van der Waals surface area contributed by atoms with Gasteiger partial charge in [0, 0.05) is 36.0 Å². The molecule has 0 fully saturated rings. The Morgan fingerprint density at radius 2 is 1.84 bits per heavy atom. The molecule has 3 aromatic rings. The number of benzene rings is 2. The highest BCUT2D eigenvalue weighted by molar-refractivity contribution is 7.92. The molecular weight excluding hydrogens is 460 g/mol. The normalized spacial score (nSPS) is 13.1. The monoisotopic (exact) mass is 477 g/mol. The smallest absolute Gasteiger partial charge is 0.250 e. The van der Waals surface area contributed by atoms with E-state index in [0.717, 1.165) is 6.07 Å². The molecule has 1 N–H and O–H groups in total. The third-order valence-corrected chi connectivity index (χ3v) is 6.81. The van der Waals surface area contributed by atoms with E-state index in [1.807, 2.05) is 0 Å². The highest BCUT2D eigenvalue weighted by atomic mass is 35.5. The molecule has 0 spiro atoms. The van der Waals surface area contributed by atoms with Gasteiger partial charge in [0.05, 0.1) is 28.7 Å². The van der Waals surface area contributed by atoms with Crippen molar-refractivity contribution in [3.05, 3.63) is 86.3 Å². The summed E-state index contributed by atoms with van der Waals surface area (Å²) in [4.78, 5) is 16.8. The van der Waals surface area contributed by atoms with Crippen LogP contribution in [0.2, 0.25) is 5.02 Å². The van der Waals surface area contributed by atoms with Crippen LogP contribution in [-0.2, 0) is 23.6 Å². The second kappa shape index (κ2) is 8.14. The fraction of sp³-hybridized carbons (Fsp3) is 0.182. The molecule has 6 nitrogen and oxygen atoms in total. The minimum absolute atomic E-state index is 0.0897. The van der Waals surface area contributed by atoms with Crippen molar-refractivity contribution in [1.29, 1.82) is 0 Å². The van der Waals surface area contributed by atoms with Crippen molar-refractivity contribution in [2.24, 2.45) is 12.0 Å². The molecule has 0 radical (unpaired) electrons. The van der Waals surface area contributed by atoms with Crippen molar-refractivity contribution >= 4 is 33.0 Å². The number of aliphatic imine (C=N–C) groups is 1. The van der Waals surface area contributed by atoms with Crippen molar-refractivity contribution in [3.8, 4) is 11.1 Å². The predicted octanol–water partition coefficient (Wildman–Crippen LogP) is 4.10. The lowest BCUT2D eigenvalue weighted by Crippen LogP contribution is -2.17. The van der Waals surface area contributed by atoms with Gasteiger partial charge in [-0.05, 0) is 48.4 Å². The Labute approximate surface area is 188 Å². The Kier molecular flexibility index (Phi) is 5.64. The third-order valence-electron chi connectivity index (χ3n) is 5.21. The number of pyridine rings is 1. The van der Waals surface area contributed by atoms with Crippen LogP contribution in [0.4, 0.5) is 14.5 Å². The average Bonchev–Trinajstić information content (AvgIpc) is 2.86. The summed E-state index contributed by atoms with van der Waals surface area (Å²) < 4.78 is 56.4. The molecule has 0 saturated carbocycles. The molecule has 10 heteroatoms. The Hall–Kier alpha value is -3.04. The maximum absolute atomic E-state index is 15.0. The van der Waals surface area contributed by atoms with Crippen molar-refractivity contribution < 1.29 is 17.2 Å². The lowest BCUT2D eigenvalue weighted by molar-refractivity contribution is 0.599. The van der Waals surface area contributed by atoms with Gasteiger partial charge in [-0.15, -0.1) is 0 Å². The van der Waals surface area contributed by atoms with Gasteiger partial charge in [0.25, 0.3) is 5.56 Å². The van der Waals surface area contributed by atoms with E-state index in [9.17, 15) is 17.6 Å². The number of nitrogens with zero attached hydrogens (tertiary/aromatic N) is 2. The van der Waals surface area contributed by atoms with Gasteiger partial charge in [0.1, 0.15) is 11.6 Å². The van der Waals surface area contributed by atoms with Crippen LogP contribution in [0.5, 0.6) is 0 Å². The quantitative estimate of drug-likeness (QED) is 0.614. The van der Waals surface area contributed by atoms with Crippen LogP contribution in [0.15, 0.2) is 52.4 Å². The first-order valence-corrected chi connectivity index (χ1v) is 11.7. The van der Waals surface area contributed by atoms with Crippen molar-refractivity contribution in [3.63, 3.8) is 0 Å². The number of rotatable bonds is 4. The summed E-state index contributed by atoms with van der Waals surface area (Å²) in [5.41, 5.74) is 2.19. The number of aryl methyl sites for hydroxylation is 1. The Balaban J connectivity index is 2.02. The van der Waals surface area contributed by atoms with Crippen molar-refractivity contribution in [1.82, 2.24) is 4.57 Å². The molecule has 32 heavy (non-hydrogen) atoms. The van der Waals surface area contributed by atoms with E-state index in [-0.39, 0.29) is 28.6 Å². The lowest BCUT2D eigenvalue weighted by atomic mass is 9.92. The molecule has 2 heterocycles. The molecule has 0 atom stereocenters. The van der Waals surface area contributed by atoms with E-state index in [2.05, 4.69) is 9.71 Å². The van der Waals surface area contributed by atoms with Gasteiger partial charge in [0.2, 0.25) is 10.0 Å². The number of hydrogen-bond acceptors (Lipinski definition) is 4. The molecule has 4 rings (SSSR count). The largest absolute Gasteiger partial charge is 0.318 e. The average molecular weight is 478 g/mol. The molecule has 0 unspecified atom stereocenters. The summed E-state index contributed by atoms with van der Waals surface area (Å²) >= 11 is 6.26. The highest BCUT2D eigenvalue weighted by Gasteiger charge is 2.25. The van der Waals surface area contributed by atoms with Crippen LogP contribution in [0.3, 0.4) is 0 Å². The Bertz CT molecular complexity index is 1450. The molecule has 1 aliphatic rings. The standard InChI is InChI=1S/C22H18ClF2N3O3S/c1-3-32(30,31)27-20-9-15-16(8-19(20)25)22(14-5-4-13(24)7-18(14)23)26-10-12-6-21(29)28(2)11-17(12)15/h4-9,11,27H,3,10H2,1-2H3. The van der Waals surface area contributed by atoms with Crippen LogP contribution in [0.25, 0.3) is 11.1 Å². The van der Waals surface area contributed by atoms with Crippen LogP contribution < -0.4 is 10.3 Å². The molecule has 0 saturated heterocycles. The van der Waals surface area contributed by atoms with Crippen LogP contribution in [-0.4, -0.2) is 24.4 Å². The summed E-state index contributed by atoms with van der Waals surface area (Å²) in [5, 5.41) is 0.0897. The first-order chi connectivity index (χ1) is 15.1. The summed E-state index contributed by atoms with van der Waals surface area (Å²) in [7, 11) is -2.16. The molecular formula is C22H18ClF2N3O3S. The van der Waals surface area contributed by atoms with Crippen molar-refractivity contribution in [2.75, 3.05) is 10.5 Å². The molecule has 166 valence electrons. The highest BCUT2D eigenvalue weighted by Crippen LogP contribution is 2.36. The SMILES string of the molecule is CCS(=O)(=O)Nc1cc2c(cc1F)C(c1ccc(F)cc1Cl)=NCc1cc(=O)n(C)cc1-2. The molecule has 0 amide bonds. The summed E-state index contributed by atoms with van der Waals surface area (Å²) in [6.45, 7) is 1.54. The fourth-order valence-corrected chi connectivity index (χ4v) is 4.41. The van der Waals surface area contributed by atoms with E-state index in [1.165, 1.54) is 41.8 Å². The number of aromatic nitrogens is 1. The van der Waals surface area contributed by atoms with Gasteiger partial charge in [-0.3, -0.25) is 14.5 Å². The molecule has 2 aromatic carbocycles. The Morgan fingerprint density at radius 3 is 2.53 bits per heavy atom. The predicted molar refractivity (Wildman–Crippen MR) is 121 cm³/mol. The van der Waals surface area contributed by atoms with Gasteiger partial charge in [0.15, 0.2) is 0 Å². The number of sulfonamides is 1. The van der Waals surface area contributed by atoms with Crippen LogP contribution in [0, 0.1) is 11.6 Å². The molecule has 1 aliphatic heterocycles. The third kappa shape index (κ3) is 4.05. The summed E-state index contributed by atoms with van der Waals surface area (Å²) in [6.07, 6.45) is 1.59. The van der Waals surface area contributed by atoms with Gasteiger partial charge in [-0.25, -0.2) is 17.2 Å². The van der Waals surface area contributed by atoms with E-state index in [4.69, 9.17) is 11.6 Å². The molecule has 0 aliphatic carbocycles. The van der Waals surface area contributed by atoms with Gasteiger partial charge >= 0.3 is 0 Å². The topological polar surface area (TPSA) is 80.5 Å². The summed E-state index contributed by atoms with van der Waals surface area (Å²) in [5.74, 6) is -1.57. The van der Waals surface area contributed by atoms with E-state index in [1.54, 1.807) is 13.2 Å². The maximum Gasteiger partial charge on any atom is 0.250 e. The van der Waals surface area contributed by atoms with Gasteiger partial charge in [-0.2, -0.15) is 0 Å². The maximum atomic E-state index is 15.0. The number of halogens is 3. The van der Waals surface area contributed by atoms with E-state index < -0.39 is 21.7 Å². The van der Waals surface area contributed by atoms with E-state index in [0.29, 0.717) is 33.5 Å². The Morgan fingerprint density at radius 1 is 1.09 bits per heavy atom. The van der Waals surface area contributed by atoms with Crippen LogP contribution >= 0.6 is 11.6 Å². The zero-order chi connectivity index (χ0) is 23.2. The fourth-order valence-electron chi connectivity index (χ4n) is 3.51. The van der Waals surface area contributed by atoms with Gasteiger partial charge in [-0.1, -0.05) is 11.6 Å². The lowest BCUT2D eigenvalue weighted by Gasteiger charge is -2.16.